The van der Waals surface area contributed by atoms with Crippen LogP contribution >= 0.6 is 0 Å². The van der Waals surface area contributed by atoms with Gasteiger partial charge in [-0.25, -0.2) is 0 Å². The van der Waals surface area contributed by atoms with Crippen LogP contribution in [0.1, 0.15) is 12.5 Å². The lowest BCUT2D eigenvalue weighted by atomic mass is 10.1. The van der Waals surface area contributed by atoms with Crippen LogP contribution in [0.5, 0.6) is 5.75 Å². The van der Waals surface area contributed by atoms with Crippen molar-refractivity contribution in [1.29, 1.82) is 0 Å². The van der Waals surface area contributed by atoms with Crippen molar-refractivity contribution < 1.29 is 19.4 Å². The molecule has 10 nitrogen and oxygen atoms in total. The smallest absolute Gasteiger partial charge is 0.366 e. The molecule has 25 heavy (non-hydrogen) atoms. The Morgan fingerprint density at radius 1 is 1.12 bits per heavy atom. The van der Waals surface area contributed by atoms with Crippen LogP contribution in [0.2, 0.25) is 0 Å². The van der Waals surface area contributed by atoms with Crippen LogP contribution in [-0.2, 0) is 11.3 Å². The van der Waals surface area contributed by atoms with Crippen molar-refractivity contribution in [3.8, 4) is 5.75 Å². The number of nitrogens with zero attached hydrogens (tertiary/aromatic N) is 4. The van der Waals surface area contributed by atoms with Gasteiger partial charge in [0.1, 0.15) is 0 Å². The second kappa shape index (κ2) is 6.15. The van der Waals surface area contributed by atoms with Crippen LogP contribution < -0.4 is 9.64 Å². The molecule has 128 valence electrons. The van der Waals surface area contributed by atoms with Crippen LogP contribution in [0.15, 0.2) is 36.4 Å². The van der Waals surface area contributed by atoms with Crippen molar-refractivity contribution in [1.82, 2.24) is 4.98 Å². The number of benzene rings is 1. The number of carbonyl (C=O) groups is 1. The molecule has 2 aromatic rings. The van der Waals surface area contributed by atoms with Gasteiger partial charge in [0.2, 0.25) is 0 Å². The standard InChI is InChI=1S/C15H12N4O6/c1-9-15(20)17(8-10-2-4-11(5-3-10)18(21)22)14-12(25-9)6-7-13(16-14)19(23)24/h2-7,9H,8H2,1H3. The Morgan fingerprint density at radius 2 is 1.80 bits per heavy atom. The summed E-state index contributed by atoms with van der Waals surface area (Å²) >= 11 is 0. The molecule has 3 rings (SSSR count). The summed E-state index contributed by atoms with van der Waals surface area (Å²) in [6, 6.07) is 8.28. The fourth-order valence-electron chi connectivity index (χ4n) is 2.44. The lowest BCUT2D eigenvalue weighted by molar-refractivity contribution is -0.389. The minimum absolute atomic E-state index is 0.0515. The zero-order valence-corrected chi connectivity index (χ0v) is 13.0. The predicted octanol–water partition coefficient (Wildman–Crippen LogP) is 2.21. The highest BCUT2D eigenvalue weighted by molar-refractivity contribution is 5.98. The third kappa shape index (κ3) is 3.09. The van der Waals surface area contributed by atoms with Gasteiger partial charge in [-0.15, -0.1) is 0 Å². The molecule has 0 N–H and O–H groups in total. The molecule has 1 aliphatic rings. The fraction of sp³-hybridized carbons (Fsp3) is 0.200. The Labute approximate surface area is 141 Å². The van der Waals surface area contributed by atoms with Crippen LogP contribution in [0.4, 0.5) is 17.3 Å². The normalized spacial score (nSPS) is 16.1. The van der Waals surface area contributed by atoms with Gasteiger partial charge in [-0.1, -0.05) is 12.1 Å². The molecule has 2 heterocycles. The van der Waals surface area contributed by atoms with Gasteiger partial charge in [-0.2, -0.15) is 0 Å². The number of ether oxygens (including phenoxy) is 1. The number of aromatic nitrogens is 1. The summed E-state index contributed by atoms with van der Waals surface area (Å²) in [5.74, 6) is -0.493. The van der Waals surface area contributed by atoms with E-state index in [0.717, 1.165) is 0 Å². The average molecular weight is 344 g/mol. The summed E-state index contributed by atoms with van der Waals surface area (Å²) in [5.41, 5.74) is 0.548. The molecule has 1 unspecified atom stereocenters. The van der Waals surface area contributed by atoms with E-state index in [-0.39, 0.29) is 23.8 Å². The maximum Gasteiger partial charge on any atom is 0.366 e. The van der Waals surface area contributed by atoms with E-state index in [0.29, 0.717) is 5.56 Å². The van der Waals surface area contributed by atoms with E-state index in [9.17, 15) is 25.0 Å². The SMILES string of the molecule is CC1Oc2ccc([N+](=O)[O-])nc2N(Cc2ccc([N+](=O)[O-])cc2)C1=O. The minimum Gasteiger partial charge on any atom is -0.475 e. The van der Waals surface area contributed by atoms with Gasteiger partial charge >= 0.3 is 5.82 Å². The number of pyridine rings is 1. The van der Waals surface area contributed by atoms with E-state index in [2.05, 4.69) is 4.98 Å². The van der Waals surface area contributed by atoms with E-state index in [1.807, 2.05) is 0 Å². The molecule has 1 aromatic carbocycles. The van der Waals surface area contributed by atoms with Crippen molar-refractivity contribution in [2.45, 2.75) is 19.6 Å². The first-order chi connectivity index (χ1) is 11.9. The van der Waals surface area contributed by atoms with Gasteiger partial charge < -0.3 is 14.9 Å². The third-order valence-electron chi connectivity index (χ3n) is 3.67. The lowest BCUT2D eigenvalue weighted by Crippen LogP contribution is -2.44. The Bertz CT molecular complexity index is 867. The first-order valence-corrected chi connectivity index (χ1v) is 7.23. The number of hydrogen-bond donors (Lipinski definition) is 0. The summed E-state index contributed by atoms with van der Waals surface area (Å²) in [5, 5.41) is 21.6. The number of amides is 1. The van der Waals surface area contributed by atoms with E-state index in [1.54, 1.807) is 6.92 Å². The molecule has 10 heteroatoms. The van der Waals surface area contributed by atoms with Crippen LogP contribution in [0.3, 0.4) is 0 Å². The monoisotopic (exact) mass is 344 g/mol. The Hall–Kier alpha value is -3.56. The number of rotatable bonds is 4. The van der Waals surface area contributed by atoms with E-state index < -0.39 is 27.7 Å². The molecule has 0 spiro atoms. The number of hydrogen-bond acceptors (Lipinski definition) is 7. The highest BCUT2D eigenvalue weighted by Gasteiger charge is 2.36. The zero-order valence-electron chi connectivity index (χ0n) is 13.0. The topological polar surface area (TPSA) is 129 Å². The average Bonchev–Trinajstić information content (AvgIpc) is 2.59. The highest BCUT2D eigenvalue weighted by atomic mass is 16.6. The predicted molar refractivity (Wildman–Crippen MR) is 85.3 cm³/mol. The molecule has 1 aromatic heterocycles. The lowest BCUT2D eigenvalue weighted by Gasteiger charge is -2.29. The van der Waals surface area contributed by atoms with Crippen molar-refractivity contribution in [2.24, 2.45) is 0 Å². The van der Waals surface area contributed by atoms with Gasteiger partial charge in [0.25, 0.3) is 17.4 Å². The van der Waals surface area contributed by atoms with Gasteiger partial charge in [0.05, 0.1) is 11.5 Å². The van der Waals surface area contributed by atoms with Gasteiger partial charge in [-0.3, -0.25) is 19.8 Å². The summed E-state index contributed by atoms with van der Waals surface area (Å²) in [6.45, 7) is 1.63. The summed E-state index contributed by atoms with van der Waals surface area (Å²) in [7, 11) is 0. The fourth-order valence-corrected chi connectivity index (χ4v) is 2.44. The molecule has 0 bridgehead atoms. The quantitative estimate of drug-likeness (QED) is 0.614. The van der Waals surface area contributed by atoms with Gasteiger partial charge in [0, 0.05) is 18.2 Å². The summed E-state index contributed by atoms with van der Waals surface area (Å²) < 4.78 is 5.43. The number of fused-ring (bicyclic) bond motifs is 1. The first kappa shape index (κ1) is 16.3. The second-order valence-corrected chi connectivity index (χ2v) is 5.36. The van der Waals surface area contributed by atoms with Crippen LogP contribution in [-0.4, -0.2) is 26.8 Å². The molecular formula is C15H12N4O6. The third-order valence-corrected chi connectivity index (χ3v) is 3.67. The molecule has 1 atom stereocenters. The van der Waals surface area contributed by atoms with E-state index in [4.69, 9.17) is 4.74 Å². The van der Waals surface area contributed by atoms with Crippen molar-refractivity contribution in [3.63, 3.8) is 0 Å². The van der Waals surface area contributed by atoms with Crippen molar-refractivity contribution in [2.75, 3.05) is 4.90 Å². The van der Waals surface area contributed by atoms with E-state index in [1.165, 1.54) is 41.3 Å². The zero-order chi connectivity index (χ0) is 18.1. The maximum atomic E-state index is 12.4. The van der Waals surface area contributed by atoms with Gasteiger partial charge in [-0.05, 0) is 28.5 Å². The molecular weight excluding hydrogens is 332 g/mol. The molecule has 0 saturated carbocycles. The number of nitro benzene ring substituents is 1. The second-order valence-electron chi connectivity index (χ2n) is 5.36. The van der Waals surface area contributed by atoms with Gasteiger partial charge in [0.15, 0.2) is 11.9 Å². The van der Waals surface area contributed by atoms with Crippen LogP contribution in [0.25, 0.3) is 0 Å². The number of non-ortho nitro benzene ring substituents is 1. The van der Waals surface area contributed by atoms with Crippen molar-refractivity contribution in [3.05, 3.63) is 62.2 Å². The molecule has 0 aliphatic carbocycles. The molecule has 0 saturated heterocycles. The Balaban J connectivity index is 1.97. The summed E-state index contributed by atoms with van der Waals surface area (Å²) in [4.78, 5) is 38.1. The number of nitro groups is 2. The Morgan fingerprint density at radius 3 is 2.40 bits per heavy atom. The van der Waals surface area contributed by atoms with Crippen molar-refractivity contribution >= 4 is 23.2 Å². The number of carbonyl (C=O) groups excluding carboxylic acids is 1. The molecule has 1 amide bonds. The first-order valence-electron chi connectivity index (χ1n) is 7.23. The molecule has 0 radical (unpaired) electrons. The minimum atomic E-state index is -0.770. The number of anilines is 1. The Kier molecular flexibility index (Phi) is 4.01. The molecule has 0 fully saturated rings. The molecule has 1 aliphatic heterocycles. The summed E-state index contributed by atoms with van der Waals surface area (Å²) in [6.07, 6.45) is -0.770. The largest absolute Gasteiger partial charge is 0.475 e. The van der Waals surface area contributed by atoms with E-state index >= 15 is 0 Å². The highest BCUT2D eigenvalue weighted by Crippen LogP contribution is 2.35. The maximum absolute atomic E-state index is 12.4. The van der Waals surface area contributed by atoms with Crippen LogP contribution in [0, 0.1) is 20.2 Å².